The van der Waals surface area contributed by atoms with E-state index in [1.807, 2.05) is 42.5 Å². The third-order valence-electron chi connectivity index (χ3n) is 6.83. The fourth-order valence-corrected chi connectivity index (χ4v) is 4.90. The van der Waals surface area contributed by atoms with Crippen molar-refractivity contribution in [2.24, 2.45) is 0 Å². The number of rotatable bonds is 8. The molecular weight excluding hydrogens is 434 g/mol. The lowest BCUT2D eigenvalue weighted by Gasteiger charge is -2.29. The van der Waals surface area contributed by atoms with Gasteiger partial charge in [-0.15, -0.1) is 0 Å². The predicted octanol–water partition coefficient (Wildman–Crippen LogP) is 5.19. The molecule has 2 N–H and O–H groups in total. The summed E-state index contributed by atoms with van der Waals surface area (Å²) in [5.74, 6) is 0.0623. The molecule has 4 aromatic rings. The van der Waals surface area contributed by atoms with E-state index in [2.05, 4.69) is 58.1 Å². The van der Waals surface area contributed by atoms with E-state index in [0.717, 1.165) is 34.9 Å². The average Bonchev–Trinajstić information content (AvgIpc) is 3.27. The van der Waals surface area contributed by atoms with Crippen molar-refractivity contribution in [2.75, 3.05) is 0 Å². The summed E-state index contributed by atoms with van der Waals surface area (Å²) < 4.78 is 0. The molecule has 3 aromatic carbocycles. The first-order valence-corrected chi connectivity index (χ1v) is 12.1. The van der Waals surface area contributed by atoms with E-state index in [1.165, 1.54) is 11.1 Å². The van der Waals surface area contributed by atoms with Crippen LogP contribution in [0.5, 0.6) is 0 Å². The molecule has 1 atom stereocenters. The number of aromatic nitrogens is 1. The summed E-state index contributed by atoms with van der Waals surface area (Å²) in [5, 5.41) is 7.28. The highest BCUT2D eigenvalue weighted by atomic mass is 16.2. The Kier molecular flexibility index (Phi) is 6.57. The van der Waals surface area contributed by atoms with Crippen LogP contribution >= 0.6 is 0 Å². The van der Waals surface area contributed by atoms with Gasteiger partial charge in [-0.25, -0.2) is 0 Å². The largest absolute Gasteiger partial charge is 0.352 e. The van der Waals surface area contributed by atoms with Crippen LogP contribution < -0.4 is 10.6 Å². The number of amides is 2. The summed E-state index contributed by atoms with van der Waals surface area (Å²) in [5.41, 5.74) is 5.12. The van der Waals surface area contributed by atoms with Gasteiger partial charge < -0.3 is 10.6 Å². The highest BCUT2D eigenvalue weighted by molar-refractivity contribution is 5.81. The van der Waals surface area contributed by atoms with Crippen LogP contribution in [0.2, 0.25) is 0 Å². The predicted molar refractivity (Wildman–Crippen MR) is 139 cm³/mol. The van der Waals surface area contributed by atoms with Gasteiger partial charge in [-0.3, -0.25) is 14.6 Å². The van der Waals surface area contributed by atoms with E-state index in [-0.39, 0.29) is 17.4 Å². The molecule has 0 spiro atoms. The second kappa shape index (κ2) is 10.1. The molecule has 2 amide bonds. The zero-order valence-electron chi connectivity index (χ0n) is 19.7. The molecule has 0 saturated carbocycles. The molecule has 1 aliphatic rings. The van der Waals surface area contributed by atoms with Crippen molar-refractivity contribution in [3.63, 3.8) is 0 Å². The first-order chi connectivity index (χ1) is 17.1. The van der Waals surface area contributed by atoms with Crippen LogP contribution in [-0.4, -0.2) is 22.3 Å². The number of benzene rings is 3. The van der Waals surface area contributed by atoms with Gasteiger partial charge >= 0.3 is 0 Å². The summed E-state index contributed by atoms with van der Waals surface area (Å²) >= 11 is 0. The highest BCUT2D eigenvalue weighted by Crippen LogP contribution is 2.30. The lowest BCUT2D eigenvalue weighted by atomic mass is 9.84. The van der Waals surface area contributed by atoms with Gasteiger partial charge in [0.1, 0.15) is 0 Å². The Bertz CT molecular complexity index is 1330. The Morgan fingerprint density at radius 3 is 2.46 bits per heavy atom. The summed E-state index contributed by atoms with van der Waals surface area (Å²) in [6, 6.07) is 28.7. The van der Waals surface area contributed by atoms with Crippen LogP contribution in [0, 0.1) is 0 Å². The van der Waals surface area contributed by atoms with Crippen molar-refractivity contribution < 1.29 is 9.59 Å². The smallest absolute Gasteiger partial charge is 0.220 e. The highest BCUT2D eigenvalue weighted by Gasteiger charge is 2.37. The molecule has 5 nitrogen and oxygen atoms in total. The average molecular weight is 464 g/mol. The van der Waals surface area contributed by atoms with Gasteiger partial charge in [0, 0.05) is 36.5 Å². The molecular formula is C30H29N3O2. The number of nitrogens with one attached hydrogen (secondary N) is 2. The van der Waals surface area contributed by atoms with Crippen molar-refractivity contribution in [3.05, 3.63) is 102 Å². The molecule has 5 heteroatoms. The topological polar surface area (TPSA) is 71.1 Å². The lowest BCUT2D eigenvalue weighted by molar-refractivity contribution is -0.122. The van der Waals surface area contributed by atoms with Gasteiger partial charge in [0.2, 0.25) is 11.8 Å². The number of carbonyl (C=O) groups excluding carboxylic acids is 2. The SMILES string of the molecule is O=C(CC[C@@]1(Cc2ccc(-c3ccccc3)cc2)CCC(=O)N1)NCc1ccc2ncccc2c1. The summed E-state index contributed by atoms with van der Waals surface area (Å²) in [6.45, 7) is 0.476. The minimum absolute atomic E-state index is 0.00349. The van der Waals surface area contributed by atoms with Crippen molar-refractivity contribution in [2.45, 2.75) is 44.2 Å². The second-order valence-corrected chi connectivity index (χ2v) is 9.38. The third-order valence-corrected chi connectivity index (χ3v) is 6.83. The molecule has 1 fully saturated rings. The third kappa shape index (κ3) is 5.57. The summed E-state index contributed by atoms with van der Waals surface area (Å²) in [6.07, 6.45) is 4.74. The Morgan fingerprint density at radius 2 is 1.69 bits per heavy atom. The maximum atomic E-state index is 12.7. The van der Waals surface area contributed by atoms with E-state index in [9.17, 15) is 9.59 Å². The maximum absolute atomic E-state index is 12.7. The van der Waals surface area contributed by atoms with Crippen molar-refractivity contribution in [1.82, 2.24) is 15.6 Å². The van der Waals surface area contributed by atoms with Gasteiger partial charge in [0.05, 0.1) is 5.52 Å². The Morgan fingerprint density at radius 1 is 0.914 bits per heavy atom. The van der Waals surface area contributed by atoms with Crippen LogP contribution in [-0.2, 0) is 22.6 Å². The first kappa shape index (κ1) is 22.8. The van der Waals surface area contributed by atoms with E-state index in [1.54, 1.807) is 6.20 Å². The molecule has 176 valence electrons. The minimum atomic E-state index is -0.378. The Balaban J connectivity index is 1.20. The van der Waals surface area contributed by atoms with Crippen molar-refractivity contribution in [1.29, 1.82) is 0 Å². The number of pyridine rings is 1. The number of carbonyl (C=O) groups is 2. The monoisotopic (exact) mass is 463 g/mol. The van der Waals surface area contributed by atoms with Crippen molar-refractivity contribution >= 4 is 22.7 Å². The van der Waals surface area contributed by atoms with Gasteiger partial charge in [0.25, 0.3) is 0 Å². The molecule has 0 aliphatic carbocycles. The molecule has 1 saturated heterocycles. The van der Waals surface area contributed by atoms with Crippen molar-refractivity contribution in [3.8, 4) is 11.1 Å². The van der Waals surface area contributed by atoms with Crippen LogP contribution in [0.15, 0.2) is 91.1 Å². The molecule has 1 aliphatic heterocycles. The number of hydrogen-bond donors (Lipinski definition) is 2. The summed E-state index contributed by atoms with van der Waals surface area (Å²) in [7, 11) is 0. The molecule has 5 rings (SSSR count). The molecule has 35 heavy (non-hydrogen) atoms. The first-order valence-electron chi connectivity index (χ1n) is 12.1. The molecule has 0 radical (unpaired) electrons. The molecule has 2 heterocycles. The normalized spacial score (nSPS) is 17.3. The fraction of sp³-hybridized carbons (Fsp3) is 0.233. The van der Waals surface area contributed by atoms with E-state index >= 15 is 0 Å². The number of nitrogens with zero attached hydrogens (tertiary/aromatic N) is 1. The standard InChI is InChI=1S/C30H29N3O2/c34-28(32-21-23-10-13-27-26(19-23)7-4-18-31-27)14-16-30(17-15-29(35)33-30)20-22-8-11-25(12-9-22)24-5-2-1-3-6-24/h1-13,18-19H,14-17,20-21H2,(H,32,34)(H,33,35)/t30-/m0/s1. The van der Waals surface area contributed by atoms with Gasteiger partial charge in [0.15, 0.2) is 0 Å². The van der Waals surface area contributed by atoms with E-state index in [0.29, 0.717) is 25.8 Å². The van der Waals surface area contributed by atoms with Crippen LogP contribution in [0.3, 0.4) is 0 Å². The Labute approximate surface area is 205 Å². The second-order valence-electron chi connectivity index (χ2n) is 9.38. The summed E-state index contributed by atoms with van der Waals surface area (Å²) in [4.78, 5) is 29.1. The van der Waals surface area contributed by atoms with Crippen LogP contribution in [0.1, 0.15) is 36.8 Å². The van der Waals surface area contributed by atoms with Gasteiger partial charge in [-0.05, 0) is 59.7 Å². The van der Waals surface area contributed by atoms with Crippen LogP contribution in [0.25, 0.3) is 22.0 Å². The fourth-order valence-electron chi connectivity index (χ4n) is 4.90. The lowest BCUT2D eigenvalue weighted by Crippen LogP contribution is -2.44. The number of fused-ring (bicyclic) bond motifs is 1. The zero-order valence-corrected chi connectivity index (χ0v) is 19.7. The number of hydrogen-bond acceptors (Lipinski definition) is 3. The van der Waals surface area contributed by atoms with E-state index in [4.69, 9.17) is 0 Å². The quantitative estimate of drug-likeness (QED) is 0.378. The molecule has 0 bridgehead atoms. The molecule has 0 unspecified atom stereocenters. The van der Waals surface area contributed by atoms with E-state index < -0.39 is 0 Å². The van der Waals surface area contributed by atoms with Gasteiger partial charge in [-0.1, -0.05) is 66.7 Å². The van der Waals surface area contributed by atoms with Gasteiger partial charge in [-0.2, -0.15) is 0 Å². The molecule has 1 aromatic heterocycles. The Hall–Kier alpha value is -3.99. The van der Waals surface area contributed by atoms with Crippen LogP contribution in [0.4, 0.5) is 0 Å². The minimum Gasteiger partial charge on any atom is -0.352 e. The zero-order chi connectivity index (χ0) is 24.1. The maximum Gasteiger partial charge on any atom is 0.220 e.